The zero-order chi connectivity index (χ0) is 17.7. The van der Waals surface area contributed by atoms with Gasteiger partial charge in [-0.3, -0.25) is 0 Å². The van der Waals surface area contributed by atoms with Gasteiger partial charge < -0.3 is 9.84 Å². The summed E-state index contributed by atoms with van der Waals surface area (Å²) in [5, 5.41) is 8.37. The van der Waals surface area contributed by atoms with Gasteiger partial charge in [-0.1, -0.05) is 19.3 Å². The van der Waals surface area contributed by atoms with Crippen LogP contribution in [0.2, 0.25) is 0 Å². The van der Waals surface area contributed by atoms with Crippen molar-refractivity contribution in [3.8, 4) is 0 Å². The molecule has 0 amide bonds. The van der Waals surface area contributed by atoms with E-state index in [1.807, 2.05) is 0 Å². The van der Waals surface area contributed by atoms with Crippen LogP contribution in [-0.2, 0) is 14.3 Å². The monoisotopic (exact) mass is 344 g/mol. The van der Waals surface area contributed by atoms with E-state index in [0.29, 0.717) is 37.8 Å². The molecule has 4 nitrogen and oxygen atoms in total. The second kappa shape index (κ2) is 7.74. The van der Waals surface area contributed by atoms with Crippen LogP contribution in [-0.4, -0.2) is 35.2 Å². The third kappa shape index (κ3) is 6.15. The molecule has 23 heavy (non-hydrogen) atoms. The second-order valence-corrected chi connectivity index (χ2v) is 5.45. The lowest BCUT2D eigenvalue weighted by Crippen LogP contribution is -2.43. The SMILES string of the molecule is O=C(O)/C=C/C(=O)OC(CC(F)(F)C(F)(F)F)C1CCCCC1. The average Bonchev–Trinajstić information content (AvgIpc) is 2.44. The molecule has 1 saturated carbocycles. The number of ether oxygens (including phenoxy) is 1. The fraction of sp³-hybridized carbons (Fsp3) is 0.714. The summed E-state index contributed by atoms with van der Waals surface area (Å²) in [6, 6.07) is 0. The fourth-order valence-electron chi connectivity index (χ4n) is 2.51. The highest BCUT2D eigenvalue weighted by Gasteiger charge is 2.59. The van der Waals surface area contributed by atoms with Crippen LogP contribution in [0.15, 0.2) is 12.2 Å². The number of alkyl halides is 5. The van der Waals surface area contributed by atoms with Gasteiger partial charge in [0.2, 0.25) is 0 Å². The lowest BCUT2D eigenvalue weighted by atomic mass is 9.83. The van der Waals surface area contributed by atoms with Gasteiger partial charge in [0.1, 0.15) is 6.10 Å². The second-order valence-electron chi connectivity index (χ2n) is 5.45. The predicted molar refractivity (Wildman–Crippen MR) is 68.8 cm³/mol. The molecule has 9 heteroatoms. The standard InChI is InChI=1S/C14H17F5O4/c15-13(16,14(17,18)19)8-10(9-4-2-1-3-5-9)23-12(22)7-6-11(20)21/h6-7,9-10H,1-5,8H2,(H,20,21)/b7-6+. The molecule has 0 bridgehead atoms. The van der Waals surface area contributed by atoms with Gasteiger partial charge in [-0.2, -0.15) is 22.0 Å². The maximum absolute atomic E-state index is 13.3. The molecule has 1 aliphatic carbocycles. The number of esters is 1. The van der Waals surface area contributed by atoms with Crippen molar-refractivity contribution in [3.63, 3.8) is 0 Å². The van der Waals surface area contributed by atoms with Crippen molar-refractivity contribution in [2.45, 2.75) is 56.7 Å². The van der Waals surface area contributed by atoms with Crippen LogP contribution in [0.25, 0.3) is 0 Å². The third-order valence-corrected chi connectivity index (χ3v) is 3.68. The summed E-state index contributed by atoms with van der Waals surface area (Å²) in [7, 11) is 0. The Balaban J connectivity index is 2.84. The molecular weight excluding hydrogens is 327 g/mol. The van der Waals surface area contributed by atoms with Crippen molar-refractivity contribution in [3.05, 3.63) is 12.2 Å². The Morgan fingerprint density at radius 2 is 1.65 bits per heavy atom. The summed E-state index contributed by atoms with van der Waals surface area (Å²) in [5.41, 5.74) is 0. The van der Waals surface area contributed by atoms with E-state index in [-0.39, 0.29) is 0 Å². The van der Waals surface area contributed by atoms with Gasteiger partial charge in [0.05, 0.1) is 6.42 Å². The van der Waals surface area contributed by atoms with Gasteiger partial charge in [0, 0.05) is 12.2 Å². The minimum atomic E-state index is -5.73. The van der Waals surface area contributed by atoms with Gasteiger partial charge in [-0.25, -0.2) is 9.59 Å². The zero-order valence-electron chi connectivity index (χ0n) is 12.1. The molecule has 1 unspecified atom stereocenters. The number of rotatable bonds is 6. The van der Waals surface area contributed by atoms with Crippen LogP contribution in [0.4, 0.5) is 22.0 Å². The van der Waals surface area contributed by atoms with Crippen molar-refractivity contribution in [2.24, 2.45) is 5.92 Å². The molecule has 0 heterocycles. The minimum Gasteiger partial charge on any atom is -0.478 e. The summed E-state index contributed by atoms with van der Waals surface area (Å²) in [5.74, 6) is -8.29. The lowest BCUT2D eigenvalue weighted by Gasteiger charge is -2.32. The van der Waals surface area contributed by atoms with Crippen molar-refractivity contribution < 1.29 is 41.4 Å². The molecule has 0 aromatic heterocycles. The number of aliphatic carboxylic acids is 1. The molecule has 0 radical (unpaired) electrons. The Bertz CT molecular complexity index is 453. The first-order valence-corrected chi connectivity index (χ1v) is 7.09. The topological polar surface area (TPSA) is 63.6 Å². The van der Waals surface area contributed by atoms with E-state index >= 15 is 0 Å². The predicted octanol–water partition coefficient (Wildman–Crippen LogP) is 3.71. The first-order chi connectivity index (χ1) is 10.5. The fourth-order valence-corrected chi connectivity index (χ4v) is 2.51. The third-order valence-electron chi connectivity index (χ3n) is 3.68. The lowest BCUT2D eigenvalue weighted by molar-refractivity contribution is -0.292. The minimum absolute atomic E-state index is 0.383. The van der Waals surface area contributed by atoms with Crippen molar-refractivity contribution in [1.82, 2.24) is 0 Å². The molecule has 0 spiro atoms. The number of carboxylic acid groups (broad SMARTS) is 1. The number of halogens is 5. The number of carboxylic acids is 1. The van der Waals surface area contributed by atoms with E-state index in [1.165, 1.54) is 0 Å². The van der Waals surface area contributed by atoms with Crippen molar-refractivity contribution >= 4 is 11.9 Å². The molecule has 1 N–H and O–H groups in total. The molecule has 1 rings (SSSR count). The molecule has 1 fully saturated rings. The summed E-state index contributed by atoms with van der Waals surface area (Å²) < 4.78 is 68.4. The van der Waals surface area contributed by atoms with Gasteiger partial charge >= 0.3 is 24.0 Å². The molecule has 1 aliphatic rings. The molecule has 0 aromatic carbocycles. The summed E-state index contributed by atoms with van der Waals surface area (Å²) >= 11 is 0. The number of carbonyl (C=O) groups excluding carboxylic acids is 1. The normalized spacial score (nSPS) is 18.8. The van der Waals surface area contributed by atoms with Gasteiger partial charge in [0.15, 0.2) is 0 Å². The van der Waals surface area contributed by atoms with E-state index in [1.54, 1.807) is 0 Å². The van der Waals surface area contributed by atoms with E-state index in [9.17, 15) is 31.5 Å². The number of hydrogen-bond donors (Lipinski definition) is 1. The van der Waals surface area contributed by atoms with E-state index in [0.717, 1.165) is 6.42 Å². The van der Waals surface area contributed by atoms with Crippen LogP contribution in [0.3, 0.4) is 0 Å². The van der Waals surface area contributed by atoms with E-state index in [2.05, 4.69) is 0 Å². The molecule has 0 saturated heterocycles. The molecule has 1 atom stereocenters. The highest BCUT2D eigenvalue weighted by atomic mass is 19.4. The Labute approximate surface area is 129 Å². The largest absolute Gasteiger partial charge is 0.478 e. The van der Waals surface area contributed by atoms with Crippen LogP contribution in [0, 0.1) is 5.92 Å². The maximum Gasteiger partial charge on any atom is 0.453 e. The molecule has 0 aromatic rings. The number of hydrogen-bond acceptors (Lipinski definition) is 3. The first-order valence-electron chi connectivity index (χ1n) is 7.09. The molecule has 132 valence electrons. The number of carbonyl (C=O) groups is 2. The zero-order valence-corrected chi connectivity index (χ0v) is 12.1. The highest BCUT2D eigenvalue weighted by Crippen LogP contribution is 2.42. The van der Waals surface area contributed by atoms with E-state index in [4.69, 9.17) is 9.84 Å². The quantitative estimate of drug-likeness (QED) is 0.453. The van der Waals surface area contributed by atoms with Gasteiger partial charge in [-0.05, 0) is 18.8 Å². The van der Waals surface area contributed by atoms with Crippen molar-refractivity contribution in [2.75, 3.05) is 0 Å². The Hall–Kier alpha value is -1.67. The summed E-state index contributed by atoms with van der Waals surface area (Å²) in [6.07, 6.45) is -5.17. The Morgan fingerprint density at radius 3 is 2.13 bits per heavy atom. The van der Waals surface area contributed by atoms with Gasteiger partial charge in [0.25, 0.3) is 0 Å². The maximum atomic E-state index is 13.3. The molecular formula is C14H17F5O4. The smallest absolute Gasteiger partial charge is 0.453 e. The summed E-state index contributed by atoms with van der Waals surface area (Å²) in [4.78, 5) is 21.7. The van der Waals surface area contributed by atoms with E-state index < -0.39 is 42.5 Å². The van der Waals surface area contributed by atoms with Crippen LogP contribution in [0.5, 0.6) is 0 Å². The van der Waals surface area contributed by atoms with Crippen LogP contribution >= 0.6 is 0 Å². The Kier molecular flexibility index (Phi) is 6.52. The Morgan fingerprint density at radius 1 is 1.09 bits per heavy atom. The average molecular weight is 344 g/mol. The molecule has 0 aliphatic heterocycles. The highest BCUT2D eigenvalue weighted by molar-refractivity contribution is 5.90. The van der Waals surface area contributed by atoms with Gasteiger partial charge in [-0.15, -0.1) is 0 Å². The van der Waals surface area contributed by atoms with Crippen molar-refractivity contribution in [1.29, 1.82) is 0 Å². The first kappa shape index (κ1) is 19.4. The van der Waals surface area contributed by atoms with Crippen LogP contribution in [0.1, 0.15) is 38.5 Å². The summed E-state index contributed by atoms with van der Waals surface area (Å²) in [6.45, 7) is 0. The van der Waals surface area contributed by atoms with Crippen LogP contribution < -0.4 is 0 Å².